The Balaban J connectivity index is 1.64. The molecule has 9 nitrogen and oxygen atoms in total. The summed E-state index contributed by atoms with van der Waals surface area (Å²) < 4.78 is 6.30. The number of ether oxygens (including phenoxy) is 1. The minimum atomic E-state index is -0.662. The smallest absolute Gasteiger partial charge is 0.407 e. The number of hydrogen-bond donors (Lipinski definition) is 2. The largest absolute Gasteiger partial charge is 0.450 e. The van der Waals surface area contributed by atoms with Crippen LogP contribution in [-0.2, 0) is 9.53 Å². The van der Waals surface area contributed by atoms with Gasteiger partial charge in [-0.2, -0.15) is 5.10 Å². The second-order valence-electron chi connectivity index (χ2n) is 6.62. The standard InChI is InChI=1S/C22H19N5O4S/c1-2-31-22(30)24-13-17(28)25-15-7-3-6-14(12-15)19-18(20(29)16-8-4-11-32-16)21-23-9-5-10-27(21)26-19/h3-12H,2,13H2,1H3,(H,24,30)(H,25,28). The van der Waals surface area contributed by atoms with E-state index in [-0.39, 0.29) is 18.9 Å². The number of rotatable bonds is 7. The fourth-order valence-corrected chi connectivity index (χ4v) is 3.78. The Hall–Kier alpha value is -4.05. The number of amides is 2. The van der Waals surface area contributed by atoms with Crippen LogP contribution in [0.2, 0.25) is 0 Å². The van der Waals surface area contributed by atoms with Gasteiger partial charge in [0, 0.05) is 23.6 Å². The van der Waals surface area contributed by atoms with Gasteiger partial charge in [0.25, 0.3) is 0 Å². The van der Waals surface area contributed by atoms with E-state index in [9.17, 15) is 14.4 Å². The van der Waals surface area contributed by atoms with E-state index in [1.807, 2.05) is 11.4 Å². The predicted octanol–water partition coefficient (Wildman–Crippen LogP) is 3.37. The summed E-state index contributed by atoms with van der Waals surface area (Å²) in [6.45, 7) is 1.66. The molecular formula is C22H19N5O4S. The summed E-state index contributed by atoms with van der Waals surface area (Å²) in [4.78, 5) is 41.7. The normalized spacial score (nSPS) is 10.7. The van der Waals surface area contributed by atoms with E-state index >= 15 is 0 Å². The van der Waals surface area contributed by atoms with Crippen molar-refractivity contribution in [1.29, 1.82) is 0 Å². The Bertz CT molecular complexity index is 1280. The van der Waals surface area contributed by atoms with Gasteiger partial charge in [0.1, 0.15) is 12.2 Å². The highest BCUT2D eigenvalue weighted by atomic mass is 32.1. The first-order valence-electron chi connectivity index (χ1n) is 9.79. The minimum Gasteiger partial charge on any atom is -0.450 e. The zero-order chi connectivity index (χ0) is 22.5. The fraction of sp³-hybridized carbons (Fsp3) is 0.136. The van der Waals surface area contributed by atoms with E-state index in [4.69, 9.17) is 4.74 Å². The summed E-state index contributed by atoms with van der Waals surface area (Å²) in [7, 11) is 0. The molecule has 0 aliphatic carbocycles. The maximum absolute atomic E-state index is 13.2. The molecule has 0 aliphatic rings. The van der Waals surface area contributed by atoms with Gasteiger partial charge in [0.15, 0.2) is 5.65 Å². The third-order valence-electron chi connectivity index (χ3n) is 4.46. The average molecular weight is 449 g/mol. The van der Waals surface area contributed by atoms with E-state index in [0.29, 0.717) is 33.0 Å². The molecule has 0 atom stereocenters. The van der Waals surface area contributed by atoms with Crippen molar-refractivity contribution in [3.63, 3.8) is 0 Å². The number of anilines is 1. The minimum absolute atomic E-state index is 0.170. The summed E-state index contributed by atoms with van der Waals surface area (Å²) in [5.41, 5.74) is 2.45. The highest BCUT2D eigenvalue weighted by Gasteiger charge is 2.24. The summed E-state index contributed by atoms with van der Waals surface area (Å²) in [6.07, 6.45) is 2.67. The van der Waals surface area contributed by atoms with Crippen LogP contribution in [0.3, 0.4) is 0 Å². The van der Waals surface area contributed by atoms with Crippen LogP contribution in [0.5, 0.6) is 0 Å². The molecule has 0 bridgehead atoms. The monoisotopic (exact) mass is 449 g/mol. The van der Waals surface area contributed by atoms with Crippen LogP contribution in [0.15, 0.2) is 60.2 Å². The Kier molecular flexibility index (Phi) is 6.22. The van der Waals surface area contributed by atoms with Gasteiger partial charge in [0.2, 0.25) is 11.7 Å². The first-order chi connectivity index (χ1) is 15.6. The van der Waals surface area contributed by atoms with Crippen LogP contribution < -0.4 is 10.6 Å². The number of hydrogen-bond acceptors (Lipinski definition) is 7. The highest BCUT2D eigenvalue weighted by molar-refractivity contribution is 7.12. The molecule has 3 heterocycles. The van der Waals surface area contributed by atoms with Gasteiger partial charge in [-0.15, -0.1) is 11.3 Å². The third kappa shape index (κ3) is 4.49. The molecule has 0 aliphatic heterocycles. The van der Waals surface area contributed by atoms with E-state index in [1.165, 1.54) is 11.3 Å². The molecule has 10 heteroatoms. The fourth-order valence-electron chi connectivity index (χ4n) is 3.11. The van der Waals surface area contributed by atoms with Crippen molar-refractivity contribution in [2.45, 2.75) is 6.92 Å². The number of carbonyl (C=O) groups is 3. The molecule has 0 radical (unpaired) electrons. The lowest BCUT2D eigenvalue weighted by atomic mass is 10.0. The zero-order valence-corrected chi connectivity index (χ0v) is 17.9. The number of nitrogens with one attached hydrogen (secondary N) is 2. The van der Waals surface area contributed by atoms with Gasteiger partial charge < -0.3 is 15.4 Å². The molecule has 2 N–H and O–H groups in total. The lowest BCUT2D eigenvalue weighted by Gasteiger charge is -2.08. The molecule has 1 aromatic carbocycles. The number of benzene rings is 1. The lowest BCUT2D eigenvalue weighted by molar-refractivity contribution is -0.115. The first kappa shape index (κ1) is 21.2. The molecule has 0 spiro atoms. The Labute approximate surface area is 187 Å². The molecule has 162 valence electrons. The molecule has 0 saturated carbocycles. The van der Waals surface area contributed by atoms with E-state index in [2.05, 4.69) is 20.7 Å². The van der Waals surface area contributed by atoms with Crippen molar-refractivity contribution in [1.82, 2.24) is 19.9 Å². The van der Waals surface area contributed by atoms with Crippen LogP contribution in [0.4, 0.5) is 10.5 Å². The Morgan fingerprint density at radius 2 is 2.03 bits per heavy atom. The lowest BCUT2D eigenvalue weighted by Crippen LogP contribution is -2.33. The second-order valence-corrected chi connectivity index (χ2v) is 7.57. The van der Waals surface area contributed by atoms with Crippen LogP contribution in [0.25, 0.3) is 16.9 Å². The van der Waals surface area contributed by atoms with Crippen molar-refractivity contribution < 1.29 is 19.1 Å². The number of nitrogens with zero attached hydrogens (tertiary/aromatic N) is 3. The molecule has 32 heavy (non-hydrogen) atoms. The van der Waals surface area contributed by atoms with Crippen molar-refractivity contribution in [2.75, 3.05) is 18.5 Å². The molecule has 3 aromatic heterocycles. The van der Waals surface area contributed by atoms with E-state index in [1.54, 1.807) is 60.2 Å². The number of alkyl carbamates (subject to hydrolysis) is 1. The van der Waals surface area contributed by atoms with Crippen molar-refractivity contribution in [2.24, 2.45) is 0 Å². The topological polar surface area (TPSA) is 115 Å². The number of ketones is 1. The molecule has 2 amide bonds. The van der Waals surface area contributed by atoms with Gasteiger partial charge in [-0.1, -0.05) is 18.2 Å². The maximum Gasteiger partial charge on any atom is 0.407 e. The average Bonchev–Trinajstić information content (AvgIpc) is 3.46. The van der Waals surface area contributed by atoms with Gasteiger partial charge in [-0.05, 0) is 36.6 Å². The van der Waals surface area contributed by atoms with Crippen molar-refractivity contribution in [3.05, 3.63) is 70.7 Å². The maximum atomic E-state index is 13.2. The molecule has 4 rings (SSSR count). The van der Waals surface area contributed by atoms with Crippen LogP contribution in [0, 0.1) is 0 Å². The van der Waals surface area contributed by atoms with Gasteiger partial charge >= 0.3 is 6.09 Å². The van der Waals surface area contributed by atoms with Gasteiger partial charge in [0.05, 0.1) is 17.0 Å². The number of fused-ring (bicyclic) bond motifs is 1. The molecule has 0 fully saturated rings. The van der Waals surface area contributed by atoms with Crippen LogP contribution in [-0.4, -0.2) is 45.5 Å². The summed E-state index contributed by atoms with van der Waals surface area (Å²) in [5.74, 6) is -0.585. The van der Waals surface area contributed by atoms with Crippen LogP contribution >= 0.6 is 11.3 Å². The Morgan fingerprint density at radius 3 is 2.81 bits per heavy atom. The van der Waals surface area contributed by atoms with E-state index in [0.717, 1.165) is 0 Å². The quantitative estimate of drug-likeness (QED) is 0.418. The summed E-state index contributed by atoms with van der Waals surface area (Å²) in [5, 5.41) is 11.5. The summed E-state index contributed by atoms with van der Waals surface area (Å²) >= 11 is 1.35. The first-order valence-corrected chi connectivity index (χ1v) is 10.7. The molecule has 4 aromatic rings. The molecule has 0 saturated heterocycles. The molecule has 0 unspecified atom stereocenters. The van der Waals surface area contributed by atoms with Crippen LogP contribution in [0.1, 0.15) is 22.2 Å². The highest BCUT2D eigenvalue weighted by Crippen LogP contribution is 2.30. The number of thiophene rings is 1. The number of carbonyl (C=O) groups excluding carboxylic acids is 3. The van der Waals surface area contributed by atoms with Crippen molar-refractivity contribution >= 4 is 40.5 Å². The zero-order valence-electron chi connectivity index (χ0n) is 17.1. The van der Waals surface area contributed by atoms with Crippen molar-refractivity contribution in [3.8, 4) is 11.3 Å². The van der Waals surface area contributed by atoms with Gasteiger partial charge in [-0.25, -0.2) is 14.3 Å². The Morgan fingerprint density at radius 1 is 1.16 bits per heavy atom. The number of aromatic nitrogens is 3. The second kappa shape index (κ2) is 9.40. The summed E-state index contributed by atoms with van der Waals surface area (Å²) in [6, 6.07) is 12.3. The predicted molar refractivity (Wildman–Crippen MR) is 120 cm³/mol. The molecular weight excluding hydrogens is 430 g/mol. The third-order valence-corrected chi connectivity index (χ3v) is 5.32. The SMILES string of the molecule is CCOC(=O)NCC(=O)Nc1cccc(-c2nn3cccnc3c2C(=O)c2cccs2)c1. The van der Waals surface area contributed by atoms with Gasteiger partial charge in [-0.3, -0.25) is 9.59 Å². The van der Waals surface area contributed by atoms with E-state index < -0.39 is 12.0 Å².